The largest absolute Gasteiger partial charge is 0.317 e. The molecule has 0 saturated carbocycles. The highest BCUT2D eigenvalue weighted by Crippen LogP contribution is 2.17. The van der Waals surface area contributed by atoms with E-state index in [1.165, 1.54) is 12.5 Å². The van der Waals surface area contributed by atoms with Crippen LogP contribution in [0.4, 0.5) is 4.39 Å². The van der Waals surface area contributed by atoms with E-state index in [1.807, 2.05) is 0 Å². The van der Waals surface area contributed by atoms with Crippen molar-refractivity contribution in [1.82, 2.24) is 10.6 Å². The molecule has 17 heavy (non-hydrogen) atoms. The number of rotatable bonds is 8. The zero-order chi connectivity index (χ0) is 12.5. The molecule has 0 aliphatic heterocycles. The fraction of sp³-hybridized carbons (Fsp3) is 0.538. The molecule has 0 bridgehead atoms. The van der Waals surface area contributed by atoms with Crippen molar-refractivity contribution in [3.8, 4) is 0 Å². The number of hydrogen-bond acceptors (Lipinski definition) is 2. The predicted octanol–water partition coefficient (Wildman–Crippen LogP) is 3.07. The van der Waals surface area contributed by atoms with Gasteiger partial charge in [0.2, 0.25) is 0 Å². The smallest absolute Gasteiger partial charge is 0.123 e. The minimum Gasteiger partial charge on any atom is -0.317 e. The Bertz CT molecular complexity index is 331. The van der Waals surface area contributed by atoms with Crippen molar-refractivity contribution in [2.75, 3.05) is 19.6 Å². The van der Waals surface area contributed by atoms with Crippen molar-refractivity contribution in [2.45, 2.75) is 26.3 Å². The van der Waals surface area contributed by atoms with Crippen LogP contribution >= 0.6 is 15.9 Å². The van der Waals surface area contributed by atoms with Gasteiger partial charge in [0, 0.05) is 11.0 Å². The topological polar surface area (TPSA) is 24.1 Å². The van der Waals surface area contributed by atoms with E-state index in [0.717, 1.165) is 36.1 Å². The molecule has 0 atom stereocenters. The Hall–Kier alpha value is -0.450. The van der Waals surface area contributed by atoms with Crippen LogP contribution in [0, 0.1) is 5.82 Å². The van der Waals surface area contributed by atoms with Gasteiger partial charge in [-0.2, -0.15) is 0 Å². The van der Waals surface area contributed by atoms with Crippen molar-refractivity contribution in [3.63, 3.8) is 0 Å². The second-order valence-corrected chi connectivity index (χ2v) is 4.87. The molecule has 0 fully saturated rings. The molecular weight excluding hydrogens is 283 g/mol. The molecule has 2 N–H and O–H groups in total. The standard InChI is InChI=1S/C13H20BrFN2/c1-2-6-16-7-3-8-17-10-11-9-12(15)4-5-13(11)14/h4-5,9,16-17H,2-3,6-8,10H2,1H3. The maximum atomic E-state index is 13.0. The molecule has 2 nitrogen and oxygen atoms in total. The molecule has 0 aliphatic carbocycles. The van der Waals surface area contributed by atoms with Crippen LogP contribution in [0.5, 0.6) is 0 Å². The summed E-state index contributed by atoms with van der Waals surface area (Å²) in [5.41, 5.74) is 0.964. The third-order valence-corrected chi connectivity index (χ3v) is 3.23. The zero-order valence-corrected chi connectivity index (χ0v) is 11.8. The van der Waals surface area contributed by atoms with Gasteiger partial charge in [0.1, 0.15) is 5.82 Å². The maximum Gasteiger partial charge on any atom is 0.123 e. The summed E-state index contributed by atoms with van der Waals surface area (Å²) in [5.74, 6) is -0.186. The molecule has 0 saturated heterocycles. The first-order chi connectivity index (χ1) is 8.24. The van der Waals surface area contributed by atoms with E-state index in [-0.39, 0.29) is 5.82 Å². The second kappa shape index (κ2) is 8.61. The normalized spacial score (nSPS) is 10.8. The molecule has 0 spiro atoms. The molecule has 1 rings (SSSR count). The quantitative estimate of drug-likeness (QED) is 0.721. The van der Waals surface area contributed by atoms with Crippen LogP contribution in [0.3, 0.4) is 0 Å². The first kappa shape index (κ1) is 14.6. The number of halogens is 2. The predicted molar refractivity (Wildman–Crippen MR) is 73.6 cm³/mol. The lowest BCUT2D eigenvalue weighted by Gasteiger charge is -2.07. The monoisotopic (exact) mass is 302 g/mol. The Morgan fingerprint density at radius 3 is 2.71 bits per heavy atom. The van der Waals surface area contributed by atoms with E-state index in [1.54, 1.807) is 12.1 Å². The van der Waals surface area contributed by atoms with Crippen LogP contribution in [-0.2, 0) is 6.54 Å². The lowest BCUT2D eigenvalue weighted by Crippen LogP contribution is -2.22. The van der Waals surface area contributed by atoms with Crippen molar-refractivity contribution in [3.05, 3.63) is 34.1 Å². The molecule has 1 aromatic carbocycles. The van der Waals surface area contributed by atoms with Gasteiger partial charge in [-0.05, 0) is 56.2 Å². The van der Waals surface area contributed by atoms with Crippen LogP contribution < -0.4 is 10.6 Å². The van der Waals surface area contributed by atoms with Crippen molar-refractivity contribution in [1.29, 1.82) is 0 Å². The van der Waals surface area contributed by atoms with E-state index in [2.05, 4.69) is 33.5 Å². The van der Waals surface area contributed by atoms with Gasteiger partial charge in [-0.1, -0.05) is 22.9 Å². The first-order valence-electron chi connectivity index (χ1n) is 6.09. The van der Waals surface area contributed by atoms with Gasteiger partial charge in [0.15, 0.2) is 0 Å². The molecular formula is C13H20BrFN2. The molecule has 0 aliphatic rings. The van der Waals surface area contributed by atoms with E-state index < -0.39 is 0 Å². The first-order valence-corrected chi connectivity index (χ1v) is 6.88. The highest BCUT2D eigenvalue weighted by atomic mass is 79.9. The fourth-order valence-corrected chi connectivity index (χ4v) is 1.93. The molecule has 96 valence electrons. The van der Waals surface area contributed by atoms with Crippen LogP contribution in [0.2, 0.25) is 0 Å². The Morgan fingerprint density at radius 2 is 1.94 bits per heavy atom. The summed E-state index contributed by atoms with van der Waals surface area (Å²) in [7, 11) is 0. The van der Waals surface area contributed by atoms with Gasteiger partial charge in [0.25, 0.3) is 0 Å². The third-order valence-electron chi connectivity index (χ3n) is 2.46. The van der Waals surface area contributed by atoms with Gasteiger partial charge in [-0.25, -0.2) is 4.39 Å². The van der Waals surface area contributed by atoms with E-state index in [4.69, 9.17) is 0 Å². The zero-order valence-electron chi connectivity index (χ0n) is 10.2. The molecule has 4 heteroatoms. The highest BCUT2D eigenvalue weighted by molar-refractivity contribution is 9.10. The molecule has 0 heterocycles. The van der Waals surface area contributed by atoms with E-state index in [0.29, 0.717) is 6.54 Å². The number of nitrogens with one attached hydrogen (secondary N) is 2. The molecule has 1 aromatic rings. The minimum absolute atomic E-state index is 0.186. The lowest BCUT2D eigenvalue weighted by atomic mass is 10.2. The van der Waals surface area contributed by atoms with Crippen LogP contribution in [0.1, 0.15) is 25.3 Å². The molecule has 0 radical (unpaired) electrons. The molecule has 0 aromatic heterocycles. The van der Waals surface area contributed by atoms with Crippen LogP contribution in [0.25, 0.3) is 0 Å². The molecule has 0 amide bonds. The van der Waals surface area contributed by atoms with Gasteiger partial charge >= 0.3 is 0 Å². The number of benzene rings is 1. The minimum atomic E-state index is -0.186. The Balaban J connectivity index is 2.15. The van der Waals surface area contributed by atoms with Gasteiger partial charge in [-0.3, -0.25) is 0 Å². The third kappa shape index (κ3) is 6.15. The lowest BCUT2D eigenvalue weighted by molar-refractivity contribution is 0.587. The summed E-state index contributed by atoms with van der Waals surface area (Å²) < 4.78 is 14.0. The summed E-state index contributed by atoms with van der Waals surface area (Å²) in [5, 5.41) is 6.65. The summed E-state index contributed by atoms with van der Waals surface area (Å²) in [6.45, 7) is 5.92. The Kier molecular flexibility index (Phi) is 7.40. The summed E-state index contributed by atoms with van der Waals surface area (Å²) in [4.78, 5) is 0. The van der Waals surface area contributed by atoms with Crippen molar-refractivity contribution >= 4 is 15.9 Å². The van der Waals surface area contributed by atoms with Crippen LogP contribution in [-0.4, -0.2) is 19.6 Å². The molecule has 0 unspecified atom stereocenters. The average molecular weight is 303 g/mol. The Labute approximate surface area is 111 Å². The van der Waals surface area contributed by atoms with Crippen LogP contribution in [0.15, 0.2) is 22.7 Å². The summed E-state index contributed by atoms with van der Waals surface area (Å²) in [6, 6.07) is 4.77. The van der Waals surface area contributed by atoms with Gasteiger partial charge in [-0.15, -0.1) is 0 Å². The SMILES string of the molecule is CCCNCCCNCc1cc(F)ccc1Br. The van der Waals surface area contributed by atoms with Crippen molar-refractivity contribution in [2.24, 2.45) is 0 Å². The average Bonchev–Trinajstić information content (AvgIpc) is 2.32. The summed E-state index contributed by atoms with van der Waals surface area (Å²) in [6.07, 6.45) is 2.26. The highest BCUT2D eigenvalue weighted by Gasteiger charge is 2.00. The van der Waals surface area contributed by atoms with E-state index in [9.17, 15) is 4.39 Å². The number of hydrogen-bond donors (Lipinski definition) is 2. The Morgan fingerprint density at radius 1 is 1.18 bits per heavy atom. The second-order valence-electron chi connectivity index (χ2n) is 4.02. The fourth-order valence-electron chi connectivity index (χ4n) is 1.54. The van der Waals surface area contributed by atoms with E-state index >= 15 is 0 Å². The summed E-state index contributed by atoms with van der Waals surface area (Å²) >= 11 is 3.41. The maximum absolute atomic E-state index is 13.0. The van der Waals surface area contributed by atoms with Gasteiger partial charge < -0.3 is 10.6 Å². The van der Waals surface area contributed by atoms with Crippen molar-refractivity contribution < 1.29 is 4.39 Å². The van der Waals surface area contributed by atoms with Gasteiger partial charge in [0.05, 0.1) is 0 Å².